The van der Waals surface area contributed by atoms with Gasteiger partial charge in [-0.15, -0.1) is 0 Å². The number of furan rings is 1. The average molecular weight is 322 g/mol. The summed E-state index contributed by atoms with van der Waals surface area (Å²) < 4.78 is 6.17. The quantitative estimate of drug-likeness (QED) is 0.342. The highest BCUT2D eigenvalue weighted by atomic mass is 16.3. The zero-order chi connectivity index (χ0) is 16.8. The van der Waals surface area contributed by atoms with E-state index < -0.39 is 0 Å². The number of fused-ring (bicyclic) bond motifs is 4. The number of hydrogen-bond acceptors (Lipinski definition) is 1. The Labute approximate surface area is 146 Å². The molecule has 0 fully saturated rings. The van der Waals surface area contributed by atoms with Gasteiger partial charge in [0.15, 0.2) is 0 Å². The number of benzene rings is 4. The molecule has 0 bridgehead atoms. The number of rotatable bonds is 2. The van der Waals surface area contributed by atoms with Gasteiger partial charge in [0.25, 0.3) is 0 Å². The van der Waals surface area contributed by atoms with Gasteiger partial charge in [0.1, 0.15) is 11.2 Å². The molecule has 5 rings (SSSR count). The molecule has 4 aromatic carbocycles. The zero-order valence-corrected chi connectivity index (χ0v) is 14.1. The van der Waals surface area contributed by atoms with Gasteiger partial charge in [-0.05, 0) is 52.1 Å². The first-order chi connectivity index (χ1) is 12.3. The molecule has 0 aliphatic rings. The lowest BCUT2D eigenvalue weighted by Gasteiger charge is -2.06. The van der Waals surface area contributed by atoms with Crippen LogP contribution in [0.3, 0.4) is 0 Å². The van der Waals surface area contributed by atoms with Crippen LogP contribution >= 0.6 is 0 Å². The molecule has 0 amide bonds. The fourth-order valence-corrected chi connectivity index (χ4v) is 3.69. The van der Waals surface area contributed by atoms with Crippen molar-refractivity contribution in [1.29, 1.82) is 0 Å². The van der Waals surface area contributed by atoms with Crippen molar-refractivity contribution >= 4 is 32.7 Å². The van der Waals surface area contributed by atoms with Crippen molar-refractivity contribution in [2.45, 2.75) is 13.3 Å². The molecule has 0 saturated carbocycles. The van der Waals surface area contributed by atoms with Crippen LogP contribution in [0.1, 0.15) is 12.5 Å². The fourth-order valence-electron chi connectivity index (χ4n) is 3.69. The molecule has 0 aliphatic heterocycles. The first kappa shape index (κ1) is 14.3. The van der Waals surface area contributed by atoms with E-state index in [1.807, 2.05) is 0 Å². The summed E-state index contributed by atoms with van der Waals surface area (Å²) in [4.78, 5) is 0. The maximum atomic E-state index is 6.17. The van der Waals surface area contributed by atoms with Gasteiger partial charge in [-0.25, -0.2) is 0 Å². The maximum Gasteiger partial charge on any atom is 0.136 e. The molecule has 1 aromatic heterocycles. The summed E-state index contributed by atoms with van der Waals surface area (Å²) in [5, 5.41) is 4.91. The van der Waals surface area contributed by atoms with E-state index in [4.69, 9.17) is 4.42 Å². The maximum absolute atomic E-state index is 6.17. The standard InChI is InChI=1S/C24H18O/c1-2-16-10-12-21-22-13-11-18(15-24(22)25-23(21)14-16)20-9-5-7-17-6-3-4-8-19(17)20/h3-15H,2H2,1H3. The lowest BCUT2D eigenvalue weighted by molar-refractivity contribution is 0.668. The molecule has 0 atom stereocenters. The second-order valence-corrected chi connectivity index (χ2v) is 6.52. The molecule has 1 nitrogen and oxygen atoms in total. The topological polar surface area (TPSA) is 13.1 Å². The molecule has 0 saturated heterocycles. The van der Waals surface area contributed by atoms with Crippen molar-refractivity contribution in [3.05, 3.63) is 84.4 Å². The second-order valence-electron chi connectivity index (χ2n) is 6.52. The van der Waals surface area contributed by atoms with Crippen LogP contribution in [0.4, 0.5) is 0 Å². The zero-order valence-electron chi connectivity index (χ0n) is 14.1. The normalized spacial score (nSPS) is 11.6. The van der Waals surface area contributed by atoms with E-state index in [1.54, 1.807) is 0 Å². The minimum Gasteiger partial charge on any atom is -0.456 e. The van der Waals surface area contributed by atoms with Crippen molar-refractivity contribution in [2.75, 3.05) is 0 Å². The van der Waals surface area contributed by atoms with Crippen molar-refractivity contribution < 1.29 is 4.42 Å². The summed E-state index contributed by atoms with van der Waals surface area (Å²) in [6.45, 7) is 2.17. The van der Waals surface area contributed by atoms with Crippen LogP contribution in [0, 0.1) is 0 Å². The summed E-state index contributed by atoms with van der Waals surface area (Å²) in [7, 11) is 0. The Kier molecular flexibility index (Phi) is 3.14. The van der Waals surface area contributed by atoms with Crippen LogP contribution in [0.5, 0.6) is 0 Å². The second kappa shape index (κ2) is 5.49. The van der Waals surface area contributed by atoms with Gasteiger partial charge in [0, 0.05) is 10.8 Å². The Bertz CT molecular complexity index is 1220. The van der Waals surface area contributed by atoms with E-state index in [0.29, 0.717) is 0 Å². The highest BCUT2D eigenvalue weighted by Crippen LogP contribution is 2.35. The highest BCUT2D eigenvalue weighted by Gasteiger charge is 2.10. The molecular weight excluding hydrogens is 304 g/mol. The molecule has 0 unspecified atom stereocenters. The Morgan fingerprint density at radius 2 is 1.44 bits per heavy atom. The van der Waals surface area contributed by atoms with Gasteiger partial charge < -0.3 is 4.42 Å². The third kappa shape index (κ3) is 2.24. The van der Waals surface area contributed by atoms with E-state index in [-0.39, 0.29) is 0 Å². The van der Waals surface area contributed by atoms with Gasteiger partial charge in [0.05, 0.1) is 0 Å². The van der Waals surface area contributed by atoms with Gasteiger partial charge >= 0.3 is 0 Å². The predicted molar refractivity (Wildman–Crippen MR) is 106 cm³/mol. The van der Waals surface area contributed by atoms with Crippen LogP contribution in [0.25, 0.3) is 43.8 Å². The molecule has 0 spiro atoms. The summed E-state index contributed by atoms with van der Waals surface area (Å²) in [5.74, 6) is 0. The molecule has 1 heterocycles. The Balaban J connectivity index is 1.75. The largest absolute Gasteiger partial charge is 0.456 e. The third-order valence-corrected chi connectivity index (χ3v) is 5.05. The van der Waals surface area contributed by atoms with Crippen molar-refractivity contribution in [3.8, 4) is 11.1 Å². The third-order valence-electron chi connectivity index (χ3n) is 5.05. The van der Waals surface area contributed by atoms with E-state index in [9.17, 15) is 0 Å². The van der Waals surface area contributed by atoms with Crippen LogP contribution in [0.15, 0.2) is 83.3 Å². The Morgan fingerprint density at radius 1 is 0.680 bits per heavy atom. The van der Waals surface area contributed by atoms with E-state index >= 15 is 0 Å². The smallest absolute Gasteiger partial charge is 0.136 e. The number of aryl methyl sites for hydroxylation is 1. The minimum absolute atomic E-state index is 0.952. The summed E-state index contributed by atoms with van der Waals surface area (Å²) in [6.07, 6.45) is 1.02. The summed E-state index contributed by atoms with van der Waals surface area (Å²) >= 11 is 0. The summed E-state index contributed by atoms with van der Waals surface area (Å²) in [6, 6.07) is 28.1. The molecule has 5 aromatic rings. The molecule has 0 radical (unpaired) electrons. The lowest BCUT2D eigenvalue weighted by atomic mass is 9.97. The molecule has 25 heavy (non-hydrogen) atoms. The van der Waals surface area contributed by atoms with Crippen LogP contribution in [-0.2, 0) is 6.42 Å². The first-order valence-corrected chi connectivity index (χ1v) is 8.77. The van der Waals surface area contributed by atoms with E-state index in [1.165, 1.54) is 38.2 Å². The van der Waals surface area contributed by atoms with Gasteiger partial charge in [-0.1, -0.05) is 67.6 Å². The van der Waals surface area contributed by atoms with Crippen LogP contribution in [-0.4, -0.2) is 0 Å². The molecular formula is C24H18O. The van der Waals surface area contributed by atoms with E-state index in [0.717, 1.165) is 17.6 Å². The molecule has 120 valence electrons. The first-order valence-electron chi connectivity index (χ1n) is 8.77. The molecule has 0 N–H and O–H groups in total. The van der Waals surface area contributed by atoms with E-state index in [2.05, 4.69) is 85.8 Å². The minimum atomic E-state index is 0.952. The average Bonchev–Trinajstić information content (AvgIpc) is 3.04. The SMILES string of the molecule is CCc1ccc2c(c1)oc1cc(-c3cccc4ccccc34)ccc12. The fraction of sp³-hybridized carbons (Fsp3) is 0.0833. The van der Waals surface area contributed by atoms with Crippen molar-refractivity contribution in [2.24, 2.45) is 0 Å². The predicted octanol–water partition coefficient (Wildman–Crippen LogP) is 6.97. The summed E-state index contributed by atoms with van der Waals surface area (Å²) in [5.41, 5.74) is 5.67. The number of hydrogen-bond donors (Lipinski definition) is 0. The molecule has 1 heteroatoms. The van der Waals surface area contributed by atoms with Gasteiger partial charge in [-0.3, -0.25) is 0 Å². The Hall–Kier alpha value is -3.06. The van der Waals surface area contributed by atoms with Crippen LogP contribution < -0.4 is 0 Å². The van der Waals surface area contributed by atoms with Gasteiger partial charge in [0.2, 0.25) is 0 Å². The van der Waals surface area contributed by atoms with Crippen molar-refractivity contribution in [3.63, 3.8) is 0 Å². The van der Waals surface area contributed by atoms with Crippen LogP contribution in [0.2, 0.25) is 0 Å². The Morgan fingerprint density at radius 3 is 2.32 bits per heavy atom. The molecule has 0 aliphatic carbocycles. The lowest BCUT2D eigenvalue weighted by Crippen LogP contribution is -1.81. The van der Waals surface area contributed by atoms with Gasteiger partial charge in [-0.2, -0.15) is 0 Å². The highest BCUT2D eigenvalue weighted by molar-refractivity contribution is 6.07. The monoisotopic (exact) mass is 322 g/mol. The van der Waals surface area contributed by atoms with Crippen molar-refractivity contribution in [1.82, 2.24) is 0 Å².